The molecule has 0 amide bonds. The molecule has 0 radical (unpaired) electrons. The molecule has 1 aromatic carbocycles. The molecule has 1 atom stereocenters. The standard InChI is InChI=1S/C18H29N/c1-2-18-14-8-10-16-19(18)15-9-4-7-13-17-11-5-3-6-12-17/h3,5-6,11-12,18H,2,4,7-10,13-16H2,1H3. The van der Waals surface area contributed by atoms with Crippen LogP contribution in [0.2, 0.25) is 0 Å². The van der Waals surface area contributed by atoms with Gasteiger partial charge in [-0.3, -0.25) is 0 Å². The van der Waals surface area contributed by atoms with Gasteiger partial charge in [0.1, 0.15) is 0 Å². The van der Waals surface area contributed by atoms with Crippen LogP contribution < -0.4 is 0 Å². The molecule has 0 N–H and O–H groups in total. The maximum Gasteiger partial charge on any atom is 0.00926 e. The number of hydrogen-bond donors (Lipinski definition) is 0. The molecular formula is C18H29N. The minimum absolute atomic E-state index is 0.878. The fraction of sp³-hybridized carbons (Fsp3) is 0.667. The normalized spacial score (nSPS) is 20.6. The van der Waals surface area contributed by atoms with E-state index in [1.165, 1.54) is 70.0 Å². The van der Waals surface area contributed by atoms with Crippen LogP contribution >= 0.6 is 0 Å². The van der Waals surface area contributed by atoms with Crippen LogP contribution in [0.1, 0.15) is 57.4 Å². The molecule has 0 aromatic heterocycles. The number of nitrogens with zero attached hydrogens (tertiary/aromatic N) is 1. The van der Waals surface area contributed by atoms with Crippen molar-refractivity contribution in [3.05, 3.63) is 35.9 Å². The Hall–Kier alpha value is -0.820. The molecule has 1 saturated heterocycles. The Bertz CT molecular complexity index is 333. The molecule has 1 aromatic rings. The molecule has 1 heterocycles. The van der Waals surface area contributed by atoms with Gasteiger partial charge in [-0.25, -0.2) is 0 Å². The third-order valence-corrected chi connectivity index (χ3v) is 4.47. The number of likely N-dealkylation sites (tertiary alicyclic amines) is 1. The Balaban J connectivity index is 1.58. The molecule has 0 saturated carbocycles. The molecule has 0 spiro atoms. The second-order valence-corrected chi connectivity index (χ2v) is 5.89. The van der Waals surface area contributed by atoms with E-state index in [-0.39, 0.29) is 0 Å². The van der Waals surface area contributed by atoms with Gasteiger partial charge in [0.25, 0.3) is 0 Å². The van der Waals surface area contributed by atoms with E-state index in [2.05, 4.69) is 42.2 Å². The van der Waals surface area contributed by atoms with E-state index in [9.17, 15) is 0 Å². The van der Waals surface area contributed by atoms with E-state index in [1.54, 1.807) is 0 Å². The number of unbranched alkanes of at least 4 members (excludes halogenated alkanes) is 2. The van der Waals surface area contributed by atoms with Gasteiger partial charge in [-0.15, -0.1) is 0 Å². The summed E-state index contributed by atoms with van der Waals surface area (Å²) in [5, 5.41) is 0. The SMILES string of the molecule is CCC1CCCCN1CCCCCc1ccccc1. The van der Waals surface area contributed by atoms with Crippen LogP contribution in [-0.4, -0.2) is 24.0 Å². The Kier molecular flexibility index (Phi) is 6.43. The van der Waals surface area contributed by atoms with Gasteiger partial charge >= 0.3 is 0 Å². The molecule has 1 heteroatoms. The van der Waals surface area contributed by atoms with Crippen LogP contribution in [0.15, 0.2) is 30.3 Å². The van der Waals surface area contributed by atoms with Gasteiger partial charge in [0.05, 0.1) is 0 Å². The molecule has 1 fully saturated rings. The van der Waals surface area contributed by atoms with E-state index in [0.29, 0.717) is 0 Å². The van der Waals surface area contributed by atoms with Crippen molar-refractivity contribution in [1.82, 2.24) is 4.90 Å². The first-order valence-corrected chi connectivity index (χ1v) is 8.18. The van der Waals surface area contributed by atoms with Crippen molar-refractivity contribution >= 4 is 0 Å². The molecule has 1 aliphatic rings. The van der Waals surface area contributed by atoms with Crippen molar-refractivity contribution in [1.29, 1.82) is 0 Å². The second kappa shape index (κ2) is 8.37. The molecule has 1 aliphatic heterocycles. The predicted octanol–water partition coefficient (Wildman–Crippen LogP) is 4.66. The molecule has 106 valence electrons. The molecule has 2 rings (SSSR count). The highest BCUT2D eigenvalue weighted by atomic mass is 15.2. The van der Waals surface area contributed by atoms with E-state index in [1.807, 2.05) is 0 Å². The number of aryl methyl sites for hydroxylation is 1. The Morgan fingerprint density at radius 3 is 2.68 bits per heavy atom. The van der Waals surface area contributed by atoms with Crippen LogP contribution in [0.3, 0.4) is 0 Å². The molecule has 0 bridgehead atoms. The first-order valence-electron chi connectivity index (χ1n) is 8.18. The monoisotopic (exact) mass is 259 g/mol. The minimum Gasteiger partial charge on any atom is -0.300 e. The number of hydrogen-bond acceptors (Lipinski definition) is 1. The average Bonchev–Trinajstić information content (AvgIpc) is 2.48. The average molecular weight is 259 g/mol. The first kappa shape index (κ1) is 14.6. The summed E-state index contributed by atoms with van der Waals surface area (Å²) in [7, 11) is 0. The van der Waals surface area contributed by atoms with Crippen LogP contribution in [0, 0.1) is 0 Å². The lowest BCUT2D eigenvalue weighted by Crippen LogP contribution is -2.39. The summed E-state index contributed by atoms with van der Waals surface area (Å²) in [6, 6.07) is 11.8. The fourth-order valence-corrected chi connectivity index (χ4v) is 3.28. The van der Waals surface area contributed by atoms with Crippen molar-refractivity contribution in [2.24, 2.45) is 0 Å². The molecular weight excluding hydrogens is 230 g/mol. The highest BCUT2D eigenvalue weighted by molar-refractivity contribution is 5.14. The lowest BCUT2D eigenvalue weighted by atomic mass is 9.99. The van der Waals surface area contributed by atoms with E-state index in [4.69, 9.17) is 0 Å². The van der Waals surface area contributed by atoms with Crippen molar-refractivity contribution in [2.45, 2.75) is 64.3 Å². The summed E-state index contributed by atoms with van der Waals surface area (Å²) in [6.45, 7) is 5.02. The number of rotatable bonds is 7. The largest absolute Gasteiger partial charge is 0.300 e. The molecule has 0 aliphatic carbocycles. The van der Waals surface area contributed by atoms with Crippen molar-refractivity contribution in [2.75, 3.05) is 13.1 Å². The number of piperidine rings is 1. The van der Waals surface area contributed by atoms with E-state index >= 15 is 0 Å². The lowest BCUT2D eigenvalue weighted by molar-refractivity contribution is 0.141. The third-order valence-electron chi connectivity index (χ3n) is 4.47. The van der Waals surface area contributed by atoms with Crippen molar-refractivity contribution < 1.29 is 0 Å². The maximum atomic E-state index is 2.74. The quantitative estimate of drug-likeness (QED) is 0.643. The van der Waals surface area contributed by atoms with Gasteiger partial charge in [-0.05, 0) is 57.2 Å². The summed E-state index contributed by atoms with van der Waals surface area (Å²) in [5.74, 6) is 0. The van der Waals surface area contributed by atoms with Gasteiger partial charge in [0, 0.05) is 6.04 Å². The van der Waals surface area contributed by atoms with Gasteiger partial charge < -0.3 is 4.90 Å². The summed E-state index contributed by atoms with van der Waals surface area (Å²) < 4.78 is 0. The van der Waals surface area contributed by atoms with Crippen LogP contribution in [-0.2, 0) is 6.42 Å². The smallest absolute Gasteiger partial charge is 0.00926 e. The zero-order valence-electron chi connectivity index (χ0n) is 12.5. The van der Waals surface area contributed by atoms with Crippen LogP contribution in [0.25, 0.3) is 0 Å². The first-order chi connectivity index (χ1) is 9.40. The highest BCUT2D eigenvalue weighted by Gasteiger charge is 2.19. The third kappa shape index (κ3) is 4.99. The van der Waals surface area contributed by atoms with Gasteiger partial charge in [0.15, 0.2) is 0 Å². The zero-order chi connectivity index (χ0) is 13.3. The van der Waals surface area contributed by atoms with Crippen LogP contribution in [0.5, 0.6) is 0 Å². The minimum atomic E-state index is 0.878. The maximum absolute atomic E-state index is 2.74. The topological polar surface area (TPSA) is 3.24 Å². The summed E-state index contributed by atoms with van der Waals surface area (Å²) in [5.41, 5.74) is 1.49. The Labute approximate surface area is 119 Å². The lowest BCUT2D eigenvalue weighted by Gasteiger charge is -2.35. The van der Waals surface area contributed by atoms with Crippen molar-refractivity contribution in [3.63, 3.8) is 0 Å². The fourth-order valence-electron chi connectivity index (χ4n) is 3.28. The van der Waals surface area contributed by atoms with Crippen molar-refractivity contribution in [3.8, 4) is 0 Å². The molecule has 1 unspecified atom stereocenters. The predicted molar refractivity (Wildman–Crippen MR) is 83.5 cm³/mol. The Morgan fingerprint density at radius 2 is 1.89 bits per heavy atom. The van der Waals surface area contributed by atoms with Gasteiger partial charge in [0.2, 0.25) is 0 Å². The number of benzene rings is 1. The Morgan fingerprint density at radius 1 is 1.05 bits per heavy atom. The zero-order valence-corrected chi connectivity index (χ0v) is 12.5. The second-order valence-electron chi connectivity index (χ2n) is 5.89. The van der Waals surface area contributed by atoms with Gasteiger partial charge in [-0.2, -0.15) is 0 Å². The van der Waals surface area contributed by atoms with E-state index < -0.39 is 0 Å². The highest BCUT2D eigenvalue weighted by Crippen LogP contribution is 2.20. The van der Waals surface area contributed by atoms with Crippen LogP contribution in [0.4, 0.5) is 0 Å². The van der Waals surface area contributed by atoms with Gasteiger partial charge in [-0.1, -0.05) is 50.1 Å². The summed E-state index contributed by atoms with van der Waals surface area (Å²) in [4.78, 5) is 2.74. The molecule has 1 nitrogen and oxygen atoms in total. The van der Waals surface area contributed by atoms with E-state index in [0.717, 1.165) is 6.04 Å². The summed E-state index contributed by atoms with van der Waals surface area (Å²) in [6.07, 6.45) is 11.0. The summed E-state index contributed by atoms with van der Waals surface area (Å²) >= 11 is 0. The molecule has 19 heavy (non-hydrogen) atoms.